The zero-order chi connectivity index (χ0) is 40.0. The number of anilines is 1. The van der Waals surface area contributed by atoms with Gasteiger partial charge in [0.1, 0.15) is 41.1 Å². The van der Waals surface area contributed by atoms with Gasteiger partial charge in [-0.15, -0.1) is 0 Å². The van der Waals surface area contributed by atoms with Crippen molar-refractivity contribution in [1.82, 2.24) is 34.4 Å². The molecule has 3 aromatic heterocycles. The number of rotatable bonds is 11. The molecule has 3 atom stereocenters. The molecule has 2 N–H and O–H groups in total. The highest BCUT2D eigenvalue weighted by molar-refractivity contribution is 7.92. The number of ether oxygens (including phenoxy) is 1. The second kappa shape index (κ2) is 13.1. The van der Waals surface area contributed by atoms with Crippen LogP contribution in [0.4, 0.5) is 32.2 Å². The lowest BCUT2D eigenvalue weighted by Gasteiger charge is -2.24. The molecule has 20 heteroatoms. The van der Waals surface area contributed by atoms with Crippen LogP contribution in [-0.2, 0) is 40.8 Å². The fourth-order valence-corrected chi connectivity index (χ4v) is 8.15. The van der Waals surface area contributed by atoms with E-state index < -0.39 is 87.7 Å². The van der Waals surface area contributed by atoms with E-state index in [0.717, 1.165) is 23.0 Å². The van der Waals surface area contributed by atoms with Crippen LogP contribution in [0.25, 0.3) is 27.5 Å². The Labute approximate surface area is 312 Å². The minimum absolute atomic E-state index is 0.00898. The van der Waals surface area contributed by atoms with Crippen LogP contribution >= 0.6 is 0 Å². The zero-order valence-electron chi connectivity index (χ0n) is 29.5. The molecular formula is C36H30F6N8O5S. The number of amides is 1. The molecule has 0 unspecified atom stereocenters. The number of alkyl halides is 4. The average Bonchev–Trinajstić information content (AvgIpc) is 3.66. The number of benzene rings is 3. The van der Waals surface area contributed by atoms with Crippen LogP contribution in [-0.4, -0.2) is 56.8 Å². The lowest BCUT2D eigenvalue weighted by Crippen LogP contribution is -2.38. The molecule has 3 heterocycles. The van der Waals surface area contributed by atoms with E-state index in [1.807, 2.05) is 0 Å². The maximum absolute atomic E-state index is 15.4. The molecule has 0 spiro atoms. The number of hydrogen-bond acceptors (Lipinski definition) is 8. The molecule has 2 aliphatic rings. The molecular weight excluding hydrogens is 771 g/mol. The molecule has 1 fully saturated rings. The summed E-state index contributed by atoms with van der Waals surface area (Å²) in [6.45, 7) is -0.957. The number of carbonyl (C=O) groups is 1. The predicted molar refractivity (Wildman–Crippen MR) is 190 cm³/mol. The van der Waals surface area contributed by atoms with Crippen LogP contribution in [0.1, 0.15) is 53.1 Å². The van der Waals surface area contributed by atoms with Crippen LogP contribution in [0.3, 0.4) is 0 Å². The summed E-state index contributed by atoms with van der Waals surface area (Å²) in [4.78, 5) is 33.3. The molecule has 0 bridgehead atoms. The maximum Gasteiger partial charge on any atom is 0.293 e. The summed E-state index contributed by atoms with van der Waals surface area (Å²) < 4.78 is 123. The lowest BCUT2D eigenvalue weighted by molar-refractivity contribution is -0.123. The Balaban J connectivity index is 1.31. The fraction of sp³-hybridized carbons (Fsp3) is 0.306. The molecule has 0 aliphatic heterocycles. The predicted octanol–water partition coefficient (Wildman–Crippen LogP) is 5.37. The molecule has 0 saturated heterocycles. The van der Waals surface area contributed by atoms with E-state index >= 15 is 8.78 Å². The molecule has 0 radical (unpaired) electrons. The smallest absolute Gasteiger partial charge is 0.293 e. The van der Waals surface area contributed by atoms with Gasteiger partial charge in [0.2, 0.25) is 15.9 Å². The topological polar surface area (TPSA) is 155 Å². The zero-order valence-corrected chi connectivity index (χ0v) is 30.3. The number of carbonyl (C=O) groups excluding carboxylic acids is 1. The molecule has 1 saturated carbocycles. The van der Waals surface area contributed by atoms with E-state index in [1.54, 1.807) is 6.07 Å². The summed E-state index contributed by atoms with van der Waals surface area (Å²) in [5, 5.41) is 11.0. The van der Waals surface area contributed by atoms with Crippen molar-refractivity contribution >= 4 is 43.6 Å². The number of aryl methyl sites for hydroxylation is 1. The second-order valence-electron chi connectivity index (χ2n) is 13.8. The van der Waals surface area contributed by atoms with Gasteiger partial charge < -0.3 is 10.1 Å². The highest BCUT2D eigenvalue weighted by atomic mass is 32.2. The third kappa shape index (κ3) is 6.30. The van der Waals surface area contributed by atoms with Gasteiger partial charge in [0.05, 0.1) is 41.5 Å². The Morgan fingerprint density at radius 1 is 1.05 bits per heavy atom. The summed E-state index contributed by atoms with van der Waals surface area (Å²) in [7, 11) is -0.940. The number of para-hydroxylation sites is 1. The largest absolute Gasteiger partial charge is 0.497 e. The van der Waals surface area contributed by atoms with Crippen LogP contribution in [0.15, 0.2) is 59.4 Å². The summed E-state index contributed by atoms with van der Waals surface area (Å²) in [5.41, 5.74) is -2.20. The van der Waals surface area contributed by atoms with E-state index in [1.165, 1.54) is 49.2 Å². The quantitative estimate of drug-likeness (QED) is 0.166. The number of nitrogens with zero attached hydrogens (tertiary/aromatic N) is 6. The summed E-state index contributed by atoms with van der Waals surface area (Å²) >= 11 is 0. The molecule has 292 valence electrons. The average molecular weight is 801 g/mol. The molecule has 6 aromatic rings. The van der Waals surface area contributed by atoms with Gasteiger partial charge >= 0.3 is 0 Å². The normalized spacial score (nSPS) is 17.6. The standard InChI is InChI=1S/C36H30F6N8O5S/c1-48-30-21(33(46-48)47-56(3,53)54)5-4-6-26(30)50-34(44-24-13-19(55-2)7-8-20(24)35(50)52)25(11-16-9-17(37)12-18(38)10-16)43-27(51)15-49-31-28(29(45-49)32(39)40)22-14-23(22)36(31,41)42/h4-10,12-13,22-23,25,32H,11,14-15H2,1-3H3,(H,43,51)(H,46,47)/t22-,23+,25-/m0/s1. The summed E-state index contributed by atoms with van der Waals surface area (Å²) in [6, 6.07) is 10.1. The van der Waals surface area contributed by atoms with E-state index in [2.05, 4.69) is 20.2 Å². The van der Waals surface area contributed by atoms with Gasteiger partial charge in [-0.05, 0) is 54.3 Å². The van der Waals surface area contributed by atoms with Gasteiger partial charge in [-0.2, -0.15) is 19.0 Å². The first-order chi connectivity index (χ1) is 26.4. The van der Waals surface area contributed by atoms with Crippen LogP contribution < -0.4 is 20.3 Å². The van der Waals surface area contributed by atoms with Gasteiger partial charge in [-0.25, -0.2) is 31.0 Å². The lowest BCUT2D eigenvalue weighted by atomic mass is 10.0. The maximum atomic E-state index is 15.4. The first-order valence-electron chi connectivity index (χ1n) is 17.0. The van der Waals surface area contributed by atoms with E-state index in [4.69, 9.17) is 9.72 Å². The Morgan fingerprint density at radius 2 is 1.79 bits per heavy atom. The monoisotopic (exact) mass is 800 g/mol. The Kier molecular flexibility index (Phi) is 8.66. The Morgan fingerprint density at radius 3 is 2.46 bits per heavy atom. The summed E-state index contributed by atoms with van der Waals surface area (Å²) in [6.07, 6.45) is -2.67. The Hall–Kier alpha value is -5.92. The first kappa shape index (κ1) is 37.0. The van der Waals surface area contributed by atoms with E-state index in [0.29, 0.717) is 16.5 Å². The van der Waals surface area contributed by atoms with Crippen molar-refractivity contribution in [2.75, 3.05) is 18.1 Å². The number of methoxy groups -OCH3 is 1. The SMILES string of the molecule is COc1ccc2c(=O)n(-c3cccc4c(NS(C)(=O)=O)nn(C)c34)c([C@H](Cc3cc(F)cc(F)c3)NC(=O)Cn3nc(C(F)F)c4c3C(F)(F)[C@@H]3C[C@H]43)nc2c1. The summed E-state index contributed by atoms with van der Waals surface area (Å²) in [5.74, 6) is -8.46. The van der Waals surface area contributed by atoms with Crippen molar-refractivity contribution in [3.63, 3.8) is 0 Å². The minimum Gasteiger partial charge on any atom is -0.497 e. The Bertz CT molecular complexity index is 2770. The number of halogens is 6. The molecule has 13 nitrogen and oxygen atoms in total. The van der Waals surface area contributed by atoms with Crippen molar-refractivity contribution < 1.29 is 44.3 Å². The highest BCUT2D eigenvalue weighted by Crippen LogP contribution is 2.68. The minimum atomic E-state index is -3.82. The molecule has 56 heavy (non-hydrogen) atoms. The van der Waals surface area contributed by atoms with Gasteiger partial charge in [0.15, 0.2) is 5.82 Å². The van der Waals surface area contributed by atoms with Gasteiger partial charge in [-0.3, -0.25) is 28.2 Å². The van der Waals surface area contributed by atoms with Crippen molar-refractivity contribution in [1.29, 1.82) is 0 Å². The molecule has 3 aromatic carbocycles. The fourth-order valence-electron chi connectivity index (χ4n) is 7.65. The number of aromatic nitrogens is 6. The third-order valence-electron chi connectivity index (χ3n) is 9.94. The van der Waals surface area contributed by atoms with Gasteiger partial charge in [-0.1, -0.05) is 6.07 Å². The van der Waals surface area contributed by atoms with Gasteiger partial charge in [0.25, 0.3) is 17.9 Å². The van der Waals surface area contributed by atoms with Crippen LogP contribution in [0.5, 0.6) is 5.75 Å². The first-order valence-corrected chi connectivity index (χ1v) is 18.9. The van der Waals surface area contributed by atoms with Crippen LogP contribution in [0, 0.1) is 17.6 Å². The van der Waals surface area contributed by atoms with E-state index in [9.17, 15) is 35.6 Å². The van der Waals surface area contributed by atoms with Crippen molar-refractivity contribution in [2.45, 2.75) is 43.7 Å². The van der Waals surface area contributed by atoms with Crippen LogP contribution in [0.2, 0.25) is 0 Å². The molecule has 1 amide bonds. The third-order valence-corrected chi connectivity index (χ3v) is 10.5. The van der Waals surface area contributed by atoms with Crippen molar-refractivity contribution in [3.8, 4) is 11.4 Å². The van der Waals surface area contributed by atoms with E-state index in [-0.39, 0.29) is 56.7 Å². The molecule has 8 rings (SSSR count). The number of sulfonamides is 1. The molecule has 2 aliphatic carbocycles. The number of nitrogens with one attached hydrogen (secondary N) is 2. The van der Waals surface area contributed by atoms with Gasteiger partial charge in [0, 0.05) is 42.5 Å². The highest BCUT2D eigenvalue weighted by Gasteiger charge is 2.67. The van der Waals surface area contributed by atoms with Crippen molar-refractivity contribution in [2.24, 2.45) is 13.0 Å². The number of fused-ring (bicyclic) bond motifs is 5. The second-order valence-corrected chi connectivity index (χ2v) is 15.5. The van der Waals surface area contributed by atoms with Crippen molar-refractivity contribution in [3.05, 3.63) is 105 Å². The number of hydrogen-bond donors (Lipinski definition) is 2.